The van der Waals surface area contributed by atoms with Gasteiger partial charge in [-0.2, -0.15) is 0 Å². The van der Waals surface area contributed by atoms with Crippen molar-refractivity contribution in [3.05, 3.63) is 53.6 Å². The molecule has 20 heavy (non-hydrogen) atoms. The highest BCUT2D eigenvalue weighted by Crippen LogP contribution is 2.33. The Morgan fingerprint density at radius 1 is 1.05 bits per heavy atom. The molecule has 0 saturated carbocycles. The molecule has 0 bridgehead atoms. The van der Waals surface area contributed by atoms with Crippen molar-refractivity contribution in [2.45, 2.75) is 6.92 Å². The Kier molecular flexibility index (Phi) is 3.98. The Bertz CT molecular complexity index is 654. The lowest BCUT2D eigenvalue weighted by molar-refractivity contribution is 0.101. The molecule has 104 valence electrons. The van der Waals surface area contributed by atoms with Crippen LogP contribution in [-0.2, 0) is 0 Å². The number of hydrogen-bond acceptors (Lipinski definition) is 3. The zero-order chi connectivity index (χ0) is 14.7. The van der Waals surface area contributed by atoms with Crippen LogP contribution in [0.4, 0.5) is 8.78 Å². The first-order chi connectivity index (χ1) is 9.52. The number of ketones is 1. The van der Waals surface area contributed by atoms with Crippen molar-refractivity contribution in [1.82, 2.24) is 0 Å². The molecule has 5 heteroatoms. The molecule has 0 radical (unpaired) electrons. The molecule has 3 nitrogen and oxygen atoms in total. The van der Waals surface area contributed by atoms with Crippen molar-refractivity contribution >= 4 is 5.78 Å². The van der Waals surface area contributed by atoms with E-state index in [4.69, 9.17) is 9.47 Å². The van der Waals surface area contributed by atoms with Crippen molar-refractivity contribution in [3.8, 4) is 17.2 Å². The van der Waals surface area contributed by atoms with Gasteiger partial charge in [0.05, 0.1) is 7.11 Å². The van der Waals surface area contributed by atoms with Gasteiger partial charge in [-0.15, -0.1) is 0 Å². The van der Waals surface area contributed by atoms with Gasteiger partial charge in [0.2, 0.25) is 0 Å². The molecule has 0 N–H and O–H groups in total. The van der Waals surface area contributed by atoms with Crippen LogP contribution in [0.1, 0.15) is 17.3 Å². The average Bonchev–Trinajstić information content (AvgIpc) is 2.41. The summed E-state index contributed by atoms with van der Waals surface area (Å²) in [6, 6.07) is 7.68. The lowest BCUT2D eigenvalue weighted by atomic mass is 10.1. The zero-order valence-electron chi connectivity index (χ0n) is 10.9. The van der Waals surface area contributed by atoms with Crippen LogP contribution in [0.2, 0.25) is 0 Å². The summed E-state index contributed by atoms with van der Waals surface area (Å²) in [6.45, 7) is 1.35. The van der Waals surface area contributed by atoms with Gasteiger partial charge in [0, 0.05) is 6.07 Å². The lowest BCUT2D eigenvalue weighted by Gasteiger charge is -2.13. The van der Waals surface area contributed by atoms with Crippen molar-refractivity contribution in [3.63, 3.8) is 0 Å². The van der Waals surface area contributed by atoms with Crippen molar-refractivity contribution < 1.29 is 23.0 Å². The Morgan fingerprint density at radius 3 is 2.35 bits per heavy atom. The van der Waals surface area contributed by atoms with Gasteiger partial charge < -0.3 is 9.47 Å². The summed E-state index contributed by atoms with van der Waals surface area (Å²) in [6.07, 6.45) is 0. The maximum Gasteiger partial charge on any atom is 0.168 e. The van der Waals surface area contributed by atoms with Crippen LogP contribution in [0, 0.1) is 11.6 Å². The fraction of sp³-hybridized carbons (Fsp3) is 0.133. The van der Waals surface area contributed by atoms with Gasteiger partial charge >= 0.3 is 0 Å². The second-order valence-electron chi connectivity index (χ2n) is 4.07. The molecule has 2 aromatic rings. The van der Waals surface area contributed by atoms with Crippen LogP contribution < -0.4 is 9.47 Å². The van der Waals surface area contributed by atoms with Crippen molar-refractivity contribution in [1.29, 1.82) is 0 Å². The Morgan fingerprint density at radius 2 is 1.75 bits per heavy atom. The Hall–Kier alpha value is -2.43. The lowest BCUT2D eigenvalue weighted by Crippen LogP contribution is -2.01. The number of rotatable bonds is 4. The van der Waals surface area contributed by atoms with E-state index in [1.54, 1.807) is 12.1 Å². The first kappa shape index (κ1) is 14.0. The van der Waals surface area contributed by atoms with Gasteiger partial charge in [0.15, 0.2) is 17.3 Å². The van der Waals surface area contributed by atoms with Crippen LogP contribution >= 0.6 is 0 Å². The highest BCUT2D eigenvalue weighted by Gasteiger charge is 2.16. The van der Waals surface area contributed by atoms with E-state index < -0.39 is 11.6 Å². The smallest absolute Gasteiger partial charge is 0.168 e. The predicted octanol–water partition coefficient (Wildman–Crippen LogP) is 3.97. The fourth-order valence-corrected chi connectivity index (χ4v) is 1.79. The summed E-state index contributed by atoms with van der Waals surface area (Å²) < 4.78 is 36.8. The summed E-state index contributed by atoms with van der Waals surface area (Å²) in [5.74, 6) is -1.50. The van der Waals surface area contributed by atoms with E-state index in [-0.39, 0.29) is 22.8 Å². The normalized spacial score (nSPS) is 10.2. The first-order valence-corrected chi connectivity index (χ1v) is 5.83. The molecule has 0 amide bonds. The topological polar surface area (TPSA) is 35.5 Å². The van der Waals surface area contributed by atoms with Crippen LogP contribution in [0.5, 0.6) is 17.2 Å². The fourth-order valence-electron chi connectivity index (χ4n) is 1.79. The molecular weight excluding hydrogens is 266 g/mol. The summed E-state index contributed by atoms with van der Waals surface area (Å²) in [4.78, 5) is 11.7. The third kappa shape index (κ3) is 2.77. The second-order valence-corrected chi connectivity index (χ2v) is 4.07. The minimum absolute atomic E-state index is 0.155. The minimum atomic E-state index is -0.845. The van der Waals surface area contributed by atoms with Gasteiger partial charge in [-0.3, -0.25) is 4.79 Å². The van der Waals surface area contributed by atoms with E-state index in [9.17, 15) is 13.6 Å². The summed E-state index contributed by atoms with van der Waals surface area (Å²) in [5, 5.41) is 0. The van der Waals surface area contributed by atoms with E-state index in [2.05, 4.69) is 0 Å². The van der Waals surface area contributed by atoms with E-state index >= 15 is 0 Å². The number of ether oxygens (including phenoxy) is 2. The first-order valence-electron chi connectivity index (χ1n) is 5.83. The van der Waals surface area contributed by atoms with E-state index in [1.165, 1.54) is 20.1 Å². The number of carbonyl (C=O) groups is 1. The molecule has 0 unspecified atom stereocenters. The maximum absolute atomic E-state index is 13.6. The van der Waals surface area contributed by atoms with Crippen molar-refractivity contribution in [2.75, 3.05) is 7.11 Å². The SMILES string of the molecule is COc1cccc(Oc2ccc(F)cc2F)c1C(C)=O. The van der Waals surface area contributed by atoms with Gasteiger partial charge in [-0.1, -0.05) is 6.07 Å². The number of halogens is 2. The van der Waals surface area contributed by atoms with Crippen LogP contribution in [0.15, 0.2) is 36.4 Å². The van der Waals surface area contributed by atoms with Gasteiger partial charge in [-0.05, 0) is 31.2 Å². The summed E-state index contributed by atoms with van der Waals surface area (Å²) in [7, 11) is 1.42. The zero-order valence-corrected chi connectivity index (χ0v) is 10.9. The monoisotopic (exact) mass is 278 g/mol. The molecule has 0 aliphatic heterocycles. The number of methoxy groups -OCH3 is 1. The summed E-state index contributed by atoms with van der Waals surface area (Å²) in [5.41, 5.74) is 0.207. The van der Waals surface area contributed by atoms with E-state index in [0.717, 1.165) is 12.1 Å². The molecule has 2 rings (SSSR count). The molecule has 0 aliphatic rings. The Balaban J connectivity index is 2.45. The number of hydrogen-bond donors (Lipinski definition) is 0. The largest absolute Gasteiger partial charge is 0.496 e. The molecule has 2 aromatic carbocycles. The number of carbonyl (C=O) groups excluding carboxylic acids is 1. The molecule has 0 saturated heterocycles. The van der Waals surface area contributed by atoms with Crippen molar-refractivity contribution in [2.24, 2.45) is 0 Å². The van der Waals surface area contributed by atoms with Crippen LogP contribution in [0.25, 0.3) is 0 Å². The average molecular weight is 278 g/mol. The number of Topliss-reactive ketones (excluding diaryl/α,β-unsaturated/α-hetero) is 1. The third-order valence-corrected chi connectivity index (χ3v) is 2.67. The quantitative estimate of drug-likeness (QED) is 0.794. The highest BCUT2D eigenvalue weighted by atomic mass is 19.1. The molecule has 0 spiro atoms. The molecule has 0 fully saturated rings. The molecule has 0 atom stereocenters. The Labute approximate surface area is 114 Å². The van der Waals surface area contributed by atoms with Crippen LogP contribution in [-0.4, -0.2) is 12.9 Å². The second kappa shape index (κ2) is 5.69. The van der Waals surface area contributed by atoms with E-state index in [0.29, 0.717) is 11.8 Å². The molecular formula is C15H12F2O3. The molecule has 0 heterocycles. The highest BCUT2D eigenvalue weighted by molar-refractivity contribution is 5.99. The number of benzene rings is 2. The van der Waals surface area contributed by atoms with Gasteiger partial charge in [0.25, 0.3) is 0 Å². The third-order valence-electron chi connectivity index (χ3n) is 2.67. The van der Waals surface area contributed by atoms with Crippen LogP contribution in [0.3, 0.4) is 0 Å². The van der Waals surface area contributed by atoms with Gasteiger partial charge in [-0.25, -0.2) is 8.78 Å². The van der Waals surface area contributed by atoms with E-state index in [1.807, 2.05) is 0 Å². The van der Waals surface area contributed by atoms with Gasteiger partial charge in [0.1, 0.15) is 22.9 Å². The maximum atomic E-state index is 13.6. The molecule has 0 aromatic heterocycles. The predicted molar refractivity (Wildman–Crippen MR) is 69.4 cm³/mol. The molecule has 0 aliphatic carbocycles. The standard InChI is InChI=1S/C15H12F2O3/c1-9(18)15-13(19-2)4-3-5-14(15)20-12-7-6-10(16)8-11(12)17/h3-8H,1-2H3. The summed E-state index contributed by atoms with van der Waals surface area (Å²) >= 11 is 0. The minimum Gasteiger partial charge on any atom is -0.496 e.